The van der Waals surface area contributed by atoms with E-state index in [0.29, 0.717) is 17.1 Å². The van der Waals surface area contributed by atoms with Crippen molar-refractivity contribution in [1.82, 2.24) is 5.16 Å². The molecule has 15 heavy (non-hydrogen) atoms. The average Bonchev–Trinajstić information content (AvgIpc) is 2.68. The van der Waals surface area contributed by atoms with Crippen LogP contribution < -0.4 is 0 Å². The fourth-order valence-electron chi connectivity index (χ4n) is 1.34. The lowest BCUT2D eigenvalue weighted by Crippen LogP contribution is -1.87. The maximum atomic E-state index is 10.4. The van der Waals surface area contributed by atoms with Crippen molar-refractivity contribution in [2.24, 2.45) is 0 Å². The van der Waals surface area contributed by atoms with Gasteiger partial charge in [-0.1, -0.05) is 28.9 Å². The molecule has 0 N–H and O–H groups in total. The Morgan fingerprint density at radius 2 is 2.07 bits per heavy atom. The highest BCUT2D eigenvalue weighted by molar-refractivity contribution is 6.30. The van der Waals surface area contributed by atoms with E-state index < -0.39 is 0 Å². The highest BCUT2D eigenvalue weighted by Crippen LogP contribution is 2.23. The summed E-state index contributed by atoms with van der Waals surface area (Å²) in [6.07, 6.45) is 2.62. The molecular weight excluding hydrogens is 214 g/mol. The van der Waals surface area contributed by atoms with Gasteiger partial charge in [0, 0.05) is 22.6 Å². The monoisotopic (exact) mass is 221 g/mol. The summed E-state index contributed by atoms with van der Waals surface area (Å²) in [7, 11) is 0. The van der Waals surface area contributed by atoms with Crippen molar-refractivity contribution in [3.8, 4) is 11.3 Å². The van der Waals surface area contributed by atoms with Crippen molar-refractivity contribution in [1.29, 1.82) is 0 Å². The van der Waals surface area contributed by atoms with Crippen LogP contribution in [-0.4, -0.2) is 11.4 Å². The number of carbonyl (C=O) groups excluding carboxylic acids is 1. The van der Waals surface area contributed by atoms with E-state index in [4.69, 9.17) is 16.1 Å². The van der Waals surface area contributed by atoms with Crippen LogP contribution in [-0.2, 0) is 11.2 Å². The zero-order valence-corrected chi connectivity index (χ0v) is 8.57. The van der Waals surface area contributed by atoms with Gasteiger partial charge in [0.25, 0.3) is 0 Å². The Morgan fingerprint density at radius 3 is 2.73 bits per heavy atom. The molecule has 0 aliphatic rings. The van der Waals surface area contributed by atoms with E-state index in [2.05, 4.69) is 5.16 Å². The molecule has 1 heterocycles. The van der Waals surface area contributed by atoms with E-state index in [1.54, 1.807) is 12.1 Å². The average molecular weight is 222 g/mol. The first-order valence-corrected chi connectivity index (χ1v) is 4.82. The molecular formula is C11H8ClNO2. The molecule has 4 heteroatoms. The summed E-state index contributed by atoms with van der Waals surface area (Å²) in [6.45, 7) is 0. The number of halogens is 1. The summed E-state index contributed by atoms with van der Waals surface area (Å²) in [5.74, 6) is 0. The van der Waals surface area contributed by atoms with Gasteiger partial charge in [-0.3, -0.25) is 0 Å². The lowest BCUT2D eigenvalue weighted by molar-refractivity contribution is -0.107. The topological polar surface area (TPSA) is 43.1 Å². The van der Waals surface area contributed by atoms with Crippen molar-refractivity contribution in [3.63, 3.8) is 0 Å². The third kappa shape index (κ3) is 2.07. The normalized spacial score (nSPS) is 10.2. The Labute approximate surface area is 91.6 Å². The van der Waals surface area contributed by atoms with Gasteiger partial charge >= 0.3 is 0 Å². The number of rotatable bonds is 3. The van der Waals surface area contributed by atoms with E-state index in [1.165, 1.54) is 6.26 Å². The SMILES string of the molecule is O=CCc1conc1-c1ccc(Cl)cc1. The summed E-state index contributed by atoms with van der Waals surface area (Å²) in [4.78, 5) is 10.4. The molecule has 0 unspecified atom stereocenters. The van der Waals surface area contributed by atoms with Crippen LogP contribution in [0.5, 0.6) is 0 Å². The molecule has 1 aromatic heterocycles. The fourth-order valence-corrected chi connectivity index (χ4v) is 1.46. The summed E-state index contributed by atoms with van der Waals surface area (Å²) >= 11 is 5.77. The molecule has 0 spiro atoms. The summed E-state index contributed by atoms with van der Waals surface area (Å²) in [5, 5.41) is 4.52. The molecule has 76 valence electrons. The zero-order valence-electron chi connectivity index (χ0n) is 7.81. The van der Waals surface area contributed by atoms with E-state index in [9.17, 15) is 4.79 Å². The highest BCUT2D eigenvalue weighted by atomic mass is 35.5. The number of nitrogens with zero attached hydrogens (tertiary/aromatic N) is 1. The van der Waals surface area contributed by atoms with Gasteiger partial charge < -0.3 is 9.32 Å². The van der Waals surface area contributed by atoms with Crippen LogP contribution in [0.2, 0.25) is 5.02 Å². The Kier molecular flexibility index (Phi) is 2.83. The van der Waals surface area contributed by atoms with Crippen LogP contribution in [0.25, 0.3) is 11.3 Å². The minimum atomic E-state index is 0.307. The summed E-state index contributed by atoms with van der Waals surface area (Å²) in [5.41, 5.74) is 2.37. The van der Waals surface area contributed by atoms with E-state index in [0.717, 1.165) is 17.4 Å². The molecule has 0 saturated carbocycles. The quantitative estimate of drug-likeness (QED) is 0.749. The van der Waals surface area contributed by atoms with Crippen LogP contribution in [0, 0.1) is 0 Å². The summed E-state index contributed by atoms with van der Waals surface area (Å²) in [6, 6.07) is 7.23. The second kappa shape index (κ2) is 4.28. The molecule has 0 atom stereocenters. The number of aldehydes is 1. The van der Waals surface area contributed by atoms with Gasteiger partial charge in [0.15, 0.2) is 0 Å². The van der Waals surface area contributed by atoms with Crippen LogP contribution in [0.1, 0.15) is 5.56 Å². The molecule has 3 nitrogen and oxygen atoms in total. The minimum Gasteiger partial charge on any atom is -0.364 e. The van der Waals surface area contributed by atoms with Gasteiger partial charge in [-0.25, -0.2) is 0 Å². The van der Waals surface area contributed by atoms with Crippen molar-refractivity contribution in [2.75, 3.05) is 0 Å². The molecule has 2 rings (SSSR count). The third-order valence-electron chi connectivity index (χ3n) is 2.06. The Morgan fingerprint density at radius 1 is 1.33 bits per heavy atom. The molecule has 0 amide bonds. The van der Waals surface area contributed by atoms with Crippen LogP contribution in [0.4, 0.5) is 0 Å². The van der Waals surface area contributed by atoms with Crippen molar-refractivity contribution in [3.05, 3.63) is 41.1 Å². The van der Waals surface area contributed by atoms with Gasteiger partial charge in [-0.2, -0.15) is 0 Å². The smallest absolute Gasteiger partial charge is 0.128 e. The molecule has 1 aromatic carbocycles. The first-order chi connectivity index (χ1) is 7.31. The largest absolute Gasteiger partial charge is 0.364 e. The summed E-state index contributed by atoms with van der Waals surface area (Å²) < 4.78 is 4.84. The Balaban J connectivity index is 2.40. The molecule has 0 bridgehead atoms. The molecule has 0 aliphatic heterocycles. The second-order valence-electron chi connectivity index (χ2n) is 3.07. The predicted octanol–water partition coefficient (Wildman–Crippen LogP) is 2.74. The third-order valence-corrected chi connectivity index (χ3v) is 2.32. The van der Waals surface area contributed by atoms with Crippen LogP contribution in [0.3, 0.4) is 0 Å². The van der Waals surface area contributed by atoms with Gasteiger partial charge in [0.1, 0.15) is 18.2 Å². The van der Waals surface area contributed by atoms with Gasteiger partial charge in [0.05, 0.1) is 0 Å². The van der Waals surface area contributed by atoms with E-state index in [-0.39, 0.29) is 0 Å². The van der Waals surface area contributed by atoms with E-state index >= 15 is 0 Å². The molecule has 0 radical (unpaired) electrons. The Bertz CT molecular complexity index is 462. The second-order valence-corrected chi connectivity index (χ2v) is 3.50. The predicted molar refractivity (Wildman–Crippen MR) is 56.7 cm³/mol. The first-order valence-electron chi connectivity index (χ1n) is 4.44. The minimum absolute atomic E-state index is 0.307. The first kappa shape index (κ1) is 9.93. The van der Waals surface area contributed by atoms with Crippen molar-refractivity contribution in [2.45, 2.75) is 6.42 Å². The molecule has 2 aromatic rings. The molecule has 0 saturated heterocycles. The van der Waals surface area contributed by atoms with Gasteiger partial charge in [-0.05, 0) is 12.1 Å². The Hall–Kier alpha value is -1.61. The van der Waals surface area contributed by atoms with E-state index in [1.807, 2.05) is 12.1 Å². The molecule has 0 aliphatic carbocycles. The van der Waals surface area contributed by atoms with Crippen molar-refractivity contribution < 1.29 is 9.32 Å². The fraction of sp³-hybridized carbons (Fsp3) is 0.0909. The number of carbonyl (C=O) groups is 1. The maximum Gasteiger partial charge on any atom is 0.128 e. The number of hydrogen-bond acceptors (Lipinski definition) is 3. The number of aromatic nitrogens is 1. The lowest BCUT2D eigenvalue weighted by atomic mass is 10.1. The van der Waals surface area contributed by atoms with Crippen molar-refractivity contribution >= 4 is 17.9 Å². The maximum absolute atomic E-state index is 10.4. The van der Waals surface area contributed by atoms with Gasteiger partial charge in [0.2, 0.25) is 0 Å². The lowest BCUT2D eigenvalue weighted by Gasteiger charge is -1.97. The van der Waals surface area contributed by atoms with Gasteiger partial charge in [-0.15, -0.1) is 0 Å². The number of benzene rings is 1. The molecule has 0 fully saturated rings. The zero-order chi connectivity index (χ0) is 10.7. The highest BCUT2D eigenvalue weighted by Gasteiger charge is 2.09. The van der Waals surface area contributed by atoms with Crippen LogP contribution in [0.15, 0.2) is 35.1 Å². The standard InChI is InChI=1S/C11H8ClNO2/c12-10-3-1-8(2-4-10)11-9(5-6-14)7-15-13-11/h1-4,6-7H,5H2. The number of hydrogen-bond donors (Lipinski definition) is 0. The van der Waals surface area contributed by atoms with Crippen LogP contribution >= 0.6 is 11.6 Å².